The van der Waals surface area contributed by atoms with E-state index in [9.17, 15) is 4.79 Å². The van der Waals surface area contributed by atoms with Gasteiger partial charge >= 0.3 is 0 Å². The summed E-state index contributed by atoms with van der Waals surface area (Å²) in [6.45, 7) is 3.51. The molecule has 0 bridgehead atoms. The summed E-state index contributed by atoms with van der Waals surface area (Å²) in [4.78, 5) is 12.4. The number of carbonyl (C=O) groups is 1. The molecule has 21 heavy (non-hydrogen) atoms. The van der Waals surface area contributed by atoms with E-state index in [1.165, 1.54) is 5.01 Å². The van der Waals surface area contributed by atoms with Gasteiger partial charge in [0.2, 0.25) is 5.82 Å². The number of amides is 1. The highest BCUT2D eigenvalue weighted by atomic mass is 16.5. The second-order valence-electron chi connectivity index (χ2n) is 4.64. The number of azo groups is 1. The Balaban J connectivity index is 1.81. The van der Waals surface area contributed by atoms with Crippen LogP contribution in [0.3, 0.4) is 0 Å². The summed E-state index contributed by atoms with van der Waals surface area (Å²) >= 11 is 0. The van der Waals surface area contributed by atoms with E-state index >= 15 is 0 Å². The molecule has 1 amide bonds. The van der Waals surface area contributed by atoms with Crippen LogP contribution in [0.2, 0.25) is 0 Å². The minimum Gasteiger partial charge on any atom is -0.359 e. The summed E-state index contributed by atoms with van der Waals surface area (Å²) in [5.74, 6) is 0.743. The van der Waals surface area contributed by atoms with Crippen molar-refractivity contribution in [3.05, 3.63) is 42.2 Å². The number of anilines is 1. The van der Waals surface area contributed by atoms with E-state index in [1.54, 1.807) is 19.9 Å². The topological polar surface area (TPSA) is 83.4 Å². The third-order valence-electron chi connectivity index (χ3n) is 2.99. The summed E-state index contributed by atoms with van der Waals surface area (Å²) in [5, 5.41) is 17.2. The van der Waals surface area contributed by atoms with Gasteiger partial charge in [-0.05, 0) is 26.0 Å². The van der Waals surface area contributed by atoms with E-state index in [2.05, 4.69) is 20.5 Å². The maximum absolute atomic E-state index is 12.4. The molecule has 1 aliphatic rings. The van der Waals surface area contributed by atoms with Crippen LogP contribution >= 0.6 is 0 Å². The number of aromatic nitrogens is 1. The summed E-state index contributed by atoms with van der Waals surface area (Å²) in [6.07, 6.45) is 0. The molecule has 7 heteroatoms. The van der Waals surface area contributed by atoms with Gasteiger partial charge in [0.05, 0.1) is 11.4 Å². The third-order valence-corrected chi connectivity index (χ3v) is 2.99. The summed E-state index contributed by atoms with van der Waals surface area (Å²) in [5.41, 5.74) is 1.30. The van der Waals surface area contributed by atoms with E-state index in [1.807, 2.05) is 30.3 Å². The highest BCUT2D eigenvalue weighted by Crippen LogP contribution is 2.22. The Labute approximate surface area is 121 Å². The summed E-state index contributed by atoms with van der Waals surface area (Å²) < 4.78 is 4.89. The lowest BCUT2D eigenvalue weighted by Gasteiger charge is -2.11. The second-order valence-corrected chi connectivity index (χ2v) is 4.64. The third kappa shape index (κ3) is 2.58. The molecule has 3 rings (SSSR count). The Bertz CT molecular complexity index is 720. The van der Waals surface area contributed by atoms with Gasteiger partial charge in [0.1, 0.15) is 5.76 Å². The molecule has 0 radical (unpaired) electrons. The van der Waals surface area contributed by atoms with Gasteiger partial charge in [-0.1, -0.05) is 23.4 Å². The lowest BCUT2D eigenvalue weighted by atomic mass is 10.2. The largest absolute Gasteiger partial charge is 0.359 e. The van der Waals surface area contributed by atoms with Gasteiger partial charge in [0.15, 0.2) is 6.04 Å². The van der Waals surface area contributed by atoms with Crippen LogP contribution in [0, 0.1) is 6.92 Å². The molecule has 7 nitrogen and oxygen atoms in total. The van der Waals surface area contributed by atoms with Crippen molar-refractivity contribution in [3.63, 3.8) is 0 Å². The molecule has 0 fully saturated rings. The number of hydrogen-bond acceptors (Lipinski definition) is 6. The zero-order valence-corrected chi connectivity index (χ0v) is 11.6. The van der Waals surface area contributed by atoms with Crippen LogP contribution in [0.15, 0.2) is 56.3 Å². The highest BCUT2D eigenvalue weighted by molar-refractivity contribution is 6.18. The van der Waals surface area contributed by atoms with Gasteiger partial charge in [-0.15, -0.1) is 5.11 Å². The van der Waals surface area contributed by atoms with Gasteiger partial charge in [-0.25, -0.2) is 0 Å². The normalized spacial score (nSPS) is 18.6. The van der Waals surface area contributed by atoms with Crippen LogP contribution in [-0.2, 0) is 4.79 Å². The predicted octanol–water partition coefficient (Wildman–Crippen LogP) is 2.86. The predicted molar refractivity (Wildman–Crippen MR) is 76.6 cm³/mol. The highest BCUT2D eigenvalue weighted by Gasteiger charge is 2.34. The molecule has 1 unspecified atom stereocenters. The van der Waals surface area contributed by atoms with Gasteiger partial charge in [0.25, 0.3) is 5.91 Å². The Kier molecular flexibility index (Phi) is 3.31. The van der Waals surface area contributed by atoms with Crippen molar-refractivity contribution in [2.45, 2.75) is 19.9 Å². The van der Waals surface area contributed by atoms with E-state index in [-0.39, 0.29) is 5.91 Å². The van der Waals surface area contributed by atoms with Crippen molar-refractivity contribution < 1.29 is 9.32 Å². The van der Waals surface area contributed by atoms with Crippen molar-refractivity contribution in [3.8, 4) is 0 Å². The quantitative estimate of drug-likeness (QED) is 0.812. The second kappa shape index (κ2) is 5.28. The molecule has 2 aromatic rings. The standard InChI is InChI=1S/C14H13N5O2/c1-9-8-12(18-21-9)15-16-13-10(2)17-19(14(13)20)11-6-4-3-5-7-11/h3-8,13H,1-2H3. The zero-order valence-electron chi connectivity index (χ0n) is 11.6. The molecule has 1 aromatic heterocycles. The molecule has 0 aliphatic carbocycles. The van der Waals surface area contributed by atoms with Gasteiger partial charge < -0.3 is 4.52 Å². The maximum atomic E-state index is 12.4. The number of aryl methyl sites for hydroxylation is 1. The van der Waals surface area contributed by atoms with Crippen molar-refractivity contribution in [2.24, 2.45) is 15.3 Å². The molecular formula is C14H13N5O2. The van der Waals surface area contributed by atoms with Crippen LogP contribution < -0.4 is 5.01 Å². The Morgan fingerprint density at radius 3 is 2.67 bits per heavy atom. The van der Waals surface area contributed by atoms with E-state index in [0.29, 0.717) is 23.0 Å². The molecule has 0 spiro atoms. The fraction of sp³-hybridized carbons (Fsp3) is 0.214. The smallest absolute Gasteiger partial charge is 0.280 e. The molecule has 0 saturated carbocycles. The molecule has 1 aromatic carbocycles. The van der Waals surface area contributed by atoms with Crippen molar-refractivity contribution >= 4 is 23.1 Å². The number of rotatable bonds is 3. The van der Waals surface area contributed by atoms with E-state index in [4.69, 9.17) is 4.52 Å². The van der Waals surface area contributed by atoms with Crippen LogP contribution in [0.25, 0.3) is 0 Å². The number of benzene rings is 1. The van der Waals surface area contributed by atoms with Gasteiger partial charge in [-0.2, -0.15) is 15.2 Å². The zero-order chi connectivity index (χ0) is 14.8. The summed E-state index contributed by atoms with van der Waals surface area (Å²) in [6, 6.07) is 10.1. The molecule has 1 atom stereocenters. The Morgan fingerprint density at radius 2 is 2.00 bits per heavy atom. The Hall–Kier alpha value is -2.83. The van der Waals surface area contributed by atoms with Crippen molar-refractivity contribution in [2.75, 3.05) is 5.01 Å². The maximum Gasteiger partial charge on any atom is 0.280 e. The van der Waals surface area contributed by atoms with Gasteiger partial charge in [0, 0.05) is 6.07 Å². The lowest BCUT2D eigenvalue weighted by molar-refractivity contribution is -0.117. The molecule has 0 N–H and O–H groups in total. The molecule has 106 valence electrons. The first-order valence-electron chi connectivity index (χ1n) is 6.43. The molecular weight excluding hydrogens is 270 g/mol. The average Bonchev–Trinajstić information content (AvgIpc) is 3.02. The van der Waals surface area contributed by atoms with Crippen molar-refractivity contribution in [1.82, 2.24) is 5.16 Å². The average molecular weight is 283 g/mol. The first-order chi connectivity index (χ1) is 10.1. The first-order valence-corrected chi connectivity index (χ1v) is 6.43. The van der Waals surface area contributed by atoms with Gasteiger partial charge in [-0.3, -0.25) is 4.79 Å². The van der Waals surface area contributed by atoms with Crippen LogP contribution in [-0.4, -0.2) is 22.8 Å². The number of hydrazone groups is 1. The number of carbonyl (C=O) groups excluding carboxylic acids is 1. The lowest BCUT2D eigenvalue weighted by Crippen LogP contribution is -2.29. The fourth-order valence-corrected chi connectivity index (χ4v) is 1.96. The minimum absolute atomic E-state index is 0.234. The van der Waals surface area contributed by atoms with Crippen LogP contribution in [0.5, 0.6) is 0 Å². The van der Waals surface area contributed by atoms with Crippen LogP contribution in [0.1, 0.15) is 12.7 Å². The fourth-order valence-electron chi connectivity index (χ4n) is 1.96. The SMILES string of the molecule is CC1=NN(c2ccccc2)C(=O)C1N=Nc1cc(C)on1. The van der Waals surface area contributed by atoms with E-state index in [0.717, 1.165) is 0 Å². The summed E-state index contributed by atoms with van der Waals surface area (Å²) in [7, 11) is 0. The molecule has 0 saturated heterocycles. The monoisotopic (exact) mass is 283 g/mol. The van der Waals surface area contributed by atoms with E-state index < -0.39 is 6.04 Å². The van der Waals surface area contributed by atoms with Crippen molar-refractivity contribution in [1.29, 1.82) is 0 Å². The number of nitrogens with zero attached hydrogens (tertiary/aromatic N) is 5. The molecule has 1 aliphatic heterocycles. The Morgan fingerprint density at radius 1 is 1.24 bits per heavy atom. The van der Waals surface area contributed by atoms with Crippen LogP contribution in [0.4, 0.5) is 11.5 Å². The number of para-hydroxylation sites is 1. The first kappa shape index (κ1) is 13.2. The molecule has 2 heterocycles. The minimum atomic E-state index is -0.720. The number of hydrogen-bond donors (Lipinski definition) is 0.